The van der Waals surface area contributed by atoms with Crippen LogP contribution < -0.4 is 5.11 Å². The van der Waals surface area contributed by atoms with Crippen LogP contribution in [0.3, 0.4) is 0 Å². The van der Waals surface area contributed by atoms with Crippen molar-refractivity contribution in [2.24, 2.45) is 5.92 Å². The molecule has 3 atom stereocenters. The van der Waals surface area contributed by atoms with Crippen molar-refractivity contribution < 1.29 is 24.3 Å². The molecule has 2 heterocycles. The molecule has 0 radical (unpaired) electrons. The number of carboxylic acids is 1. The van der Waals surface area contributed by atoms with Crippen LogP contribution in [0.15, 0.2) is 10.6 Å². The molecular weight excluding hydrogens is 292 g/mol. The van der Waals surface area contributed by atoms with E-state index in [1.807, 2.05) is 0 Å². The normalized spacial score (nSPS) is 26.7. The highest BCUT2D eigenvalue weighted by molar-refractivity contribution is 8.04. The average molecular weight is 314 g/mol. The van der Waals surface area contributed by atoms with E-state index in [2.05, 4.69) is 21.1 Å². The zero-order valence-corrected chi connectivity index (χ0v) is 13.6. The first-order valence-corrected chi connectivity index (χ1v) is 7.94. The second-order valence-electron chi connectivity index (χ2n) is 6.66. The molecule has 1 amide bonds. The topological polar surface area (TPSA) is 80.7 Å². The Morgan fingerprint density at radius 2 is 2.10 bits per heavy atom. The standard InChI is InChI=1S/C14H22N2O4S/c1-8(17)10-12(18)15-11(14(19)20)9(21-13(10)15)6-5-7-16(2,3)4/h8,10,13,17H,5-7H2,1-4H3/t8-,10+,13-/m1/s1. The second kappa shape index (κ2) is 5.62. The molecule has 0 bridgehead atoms. The lowest BCUT2D eigenvalue weighted by molar-refractivity contribution is -0.870. The van der Waals surface area contributed by atoms with E-state index in [4.69, 9.17) is 0 Å². The molecule has 1 fully saturated rings. The molecule has 6 nitrogen and oxygen atoms in total. The number of aliphatic hydroxyl groups is 1. The maximum atomic E-state index is 12.0. The zero-order valence-electron chi connectivity index (χ0n) is 12.8. The number of nitrogens with zero attached hydrogens (tertiary/aromatic N) is 2. The minimum Gasteiger partial charge on any atom is -0.543 e. The predicted molar refractivity (Wildman–Crippen MR) is 77.6 cm³/mol. The van der Waals surface area contributed by atoms with Crippen LogP contribution in [0.4, 0.5) is 0 Å². The molecule has 0 aromatic carbocycles. The number of amides is 1. The Hall–Kier alpha value is -1.05. The molecule has 2 aliphatic rings. The Morgan fingerprint density at radius 1 is 1.48 bits per heavy atom. The van der Waals surface area contributed by atoms with Crippen molar-refractivity contribution in [3.8, 4) is 0 Å². The molecule has 118 valence electrons. The number of fused-ring (bicyclic) bond motifs is 1. The van der Waals surface area contributed by atoms with E-state index in [0.29, 0.717) is 11.3 Å². The predicted octanol–water partition coefficient (Wildman–Crippen LogP) is -0.654. The third kappa shape index (κ3) is 3.09. The Kier molecular flexibility index (Phi) is 4.37. The summed E-state index contributed by atoms with van der Waals surface area (Å²) in [6, 6.07) is 0. The van der Waals surface area contributed by atoms with Crippen LogP contribution in [-0.2, 0) is 9.59 Å². The first kappa shape index (κ1) is 16.3. The number of rotatable bonds is 6. The quantitative estimate of drug-likeness (QED) is 0.520. The molecule has 2 aliphatic heterocycles. The summed E-state index contributed by atoms with van der Waals surface area (Å²) >= 11 is 1.38. The Labute approximate surface area is 129 Å². The summed E-state index contributed by atoms with van der Waals surface area (Å²) in [5.74, 6) is -2.13. The number of carbonyl (C=O) groups is 2. The van der Waals surface area contributed by atoms with Crippen molar-refractivity contribution in [3.63, 3.8) is 0 Å². The summed E-state index contributed by atoms with van der Waals surface area (Å²) in [4.78, 5) is 25.3. The summed E-state index contributed by atoms with van der Waals surface area (Å²) in [6.07, 6.45) is 0.701. The van der Waals surface area contributed by atoms with Gasteiger partial charge in [0.05, 0.1) is 51.4 Å². The molecule has 1 saturated heterocycles. The number of β-lactam (4-membered cyclic amide) rings is 1. The van der Waals surface area contributed by atoms with Gasteiger partial charge in [0, 0.05) is 11.3 Å². The van der Waals surface area contributed by atoms with Crippen molar-refractivity contribution in [2.75, 3.05) is 27.7 Å². The lowest BCUT2D eigenvalue weighted by atomic mass is 9.92. The van der Waals surface area contributed by atoms with Crippen LogP contribution in [0.25, 0.3) is 0 Å². The van der Waals surface area contributed by atoms with Crippen LogP contribution >= 0.6 is 11.8 Å². The fourth-order valence-corrected chi connectivity index (χ4v) is 4.39. The molecule has 0 spiro atoms. The largest absolute Gasteiger partial charge is 0.543 e. The van der Waals surface area contributed by atoms with Crippen LogP contribution in [0.5, 0.6) is 0 Å². The van der Waals surface area contributed by atoms with Gasteiger partial charge in [-0.2, -0.15) is 0 Å². The van der Waals surface area contributed by atoms with Gasteiger partial charge in [0.25, 0.3) is 0 Å². The average Bonchev–Trinajstić information content (AvgIpc) is 2.61. The molecular formula is C14H22N2O4S. The maximum Gasteiger partial charge on any atom is 0.236 e. The Balaban J connectivity index is 2.10. The minimum atomic E-state index is -1.30. The van der Waals surface area contributed by atoms with Gasteiger partial charge in [-0.05, 0) is 13.3 Å². The van der Waals surface area contributed by atoms with Crippen LogP contribution in [0.1, 0.15) is 19.8 Å². The number of quaternary nitrogens is 1. The number of carbonyl (C=O) groups excluding carboxylic acids is 2. The molecule has 0 unspecified atom stereocenters. The van der Waals surface area contributed by atoms with E-state index >= 15 is 0 Å². The zero-order chi connectivity index (χ0) is 15.9. The van der Waals surface area contributed by atoms with Crippen LogP contribution in [0.2, 0.25) is 0 Å². The van der Waals surface area contributed by atoms with E-state index in [1.165, 1.54) is 16.7 Å². The molecule has 0 aromatic rings. The number of allylic oxidation sites excluding steroid dienone is 1. The number of thioether (sulfide) groups is 1. The third-order valence-corrected chi connectivity index (χ3v) is 5.23. The van der Waals surface area contributed by atoms with Gasteiger partial charge in [0.2, 0.25) is 5.91 Å². The van der Waals surface area contributed by atoms with E-state index in [0.717, 1.165) is 17.4 Å². The van der Waals surface area contributed by atoms with Gasteiger partial charge in [-0.1, -0.05) is 0 Å². The first-order chi connectivity index (χ1) is 9.63. The number of hydrogen-bond donors (Lipinski definition) is 1. The summed E-state index contributed by atoms with van der Waals surface area (Å²) in [5, 5.41) is 20.7. The highest BCUT2D eigenvalue weighted by atomic mass is 32.2. The van der Waals surface area contributed by atoms with E-state index in [9.17, 15) is 19.8 Å². The fourth-order valence-electron chi connectivity index (χ4n) is 2.73. The maximum absolute atomic E-state index is 12.0. The Bertz CT molecular complexity index is 496. The number of carboxylic acid groups (broad SMARTS) is 1. The van der Waals surface area contributed by atoms with Gasteiger partial charge in [-0.3, -0.25) is 9.69 Å². The highest BCUT2D eigenvalue weighted by Gasteiger charge is 2.55. The molecule has 21 heavy (non-hydrogen) atoms. The lowest BCUT2D eigenvalue weighted by Gasteiger charge is -2.44. The van der Waals surface area contributed by atoms with Gasteiger partial charge in [-0.15, -0.1) is 11.8 Å². The van der Waals surface area contributed by atoms with Gasteiger partial charge in [0.15, 0.2) is 0 Å². The summed E-state index contributed by atoms with van der Waals surface area (Å²) in [6.45, 7) is 2.48. The second-order valence-corrected chi connectivity index (χ2v) is 7.87. The molecule has 2 rings (SSSR count). The molecule has 0 aromatic heterocycles. The number of hydrogen-bond acceptors (Lipinski definition) is 5. The van der Waals surface area contributed by atoms with Gasteiger partial charge < -0.3 is 19.5 Å². The monoisotopic (exact) mass is 314 g/mol. The smallest absolute Gasteiger partial charge is 0.236 e. The van der Waals surface area contributed by atoms with E-state index in [1.54, 1.807) is 6.92 Å². The van der Waals surface area contributed by atoms with Crippen molar-refractivity contribution in [2.45, 2.75) is 31.2 Å². The molecule has 0 saturated carbocycles. The molecule has 7 heteroatoms. The first-order valence-electron chi connectivity index (χ1n) is 7.06. The Morgan fingerprint density at radius 3 is 2.57 bits per heavy atom. The van der Waals surface area contributed by atoms with Gasteiger partial charge in [-0.25, -0.2) is 0 Å². The van der Waals surface area contributed by atoms with Crippen molar-refractivity contribution in [1.82, 2.24) is 4.90 Å². The van der Waals surface area contributed by atoms with E-state index < -0.39 is 18.0 Å². The number of aliphatic carboxylic acids is 1. The summed E-state index contributed by atoms with van der Waals surface area (Å²) in [5.41, 5.74) is 0.00769. The van der Waals surface area contributed by atoms with Crippen LogP contribution in [-0.4, -0.2) is 65.5 Å². The highest BCUT2D eigenvalue weighted by Crippen LogP contribution is 2.51. The van der Waals surface area contributed by atoms with Crippen molar-refractivity contribution in [1.29, 1.82) is 0 Å². The molecule has 1 N–H and O–H groups in total. The third-order valence-electron chi connectivity index (χ3n) is 3.80. The molecule has 0 aliphatic carbocycles. The number of aliphatic hydroxyl groups excluding tert-OH is 1. The van der Waals surface area contributed by atoms with E-state index in [-0.39, 0.29) is 17.0 Å². The summed E-state index contributed by atoms with van der Waals surface area (Å²) < 4.78 is 0.807. The minimum absolute atomic E-state index is 0.00769. The van der Waals surface area contributed by atoms with Gasteiger partial charge >= 0.3 is 0 Å². The van der Waals surface area contributed by atoms with Crippen molar-refractivity contribution >= 4 is 23.6 Å². The van der Waals surface area contributed by atoms with Crippen LogP contribution in [0, 0.1) is 5.92 Å². The van der Waals surface area contributed by atoms with Crippen molar-refractivity contribution in [3.05, 3.63) is 10.6 Å². The lowest BCUT2D eigenvalue weighted by Crippen LogP contribution is -2.61. The van der Waals surface area contributed by atoms with Gasteiger partial charge in [0.1, 0.15) is 5.37 Å². The SMILES string of the molecule is C[C@@H](O)[C@H]1C(=O)N2C(C(=O)[O-])=C(CCC[N+](C)(C)C)S[C@H]12. The summed E-state index contributed by atoms with van der Waals surface area (Å²) in [7, 11) is 6.24. The fraction of sp³-hybridized carbons (Fsp3) is 0.714.